The van der Waals surface area contributed by atoms with Crippen LogP contribution in [0.4, 0.5) is 5.69 Å². The summed E-state index contributed by atoms with van der Waals surface area (Å²) in [5.41, 5.74) is 1.76. The van der Waals surface area contributed by atoms with E-state index in [1.807, 2.05) is 18.2 Å². The van der Waals surface area contributed by atoms with Gasteiger partial charge in [0.2, 0.25) is 0 Å². The molecular weight excluding hydrogens is 394 g/mol. The zero-order valence-corrected chi connectivity index (χ0v) is 17.0. The number of rotatable bonds is 6. The van der Waals surface area contributed by atoms with Crippen LogP contribution in [0.2, 0.25) is 0 Å². The molecule has 1 aliphatic heterocycles. The number of nitrogens with zero attached hydrogens (tertiary/aromatic N) is 5. The molecule has 158 valence electrons. The first-order valence-corrected chi connectivity index (χ1v) is 10.1. The van der Waals surface area contributed by atoms with Crippen LogP contribution in [0, 0.1) is 10.1 Å². The Balaban J connectivity index is 1.38. The molecule has 0 atom stereocenters. The van der Waals surface area contributed by atoms with Crippen LogP contribution in [-0.2, 0) is 0 Å². The zero-order chi connectivity index (χ0) is 21.6. The number of nitro groups is 1. The van der Waals surface area contributed by atoms with Gasteiger partial charge in [-0.2, -0.15) is 0 Å². The lowest BCUT2D eigenvalue weighted by molar-refractivity contribution is -0.384. The second-order valence-electron chi connectivity index (χ2n) is 7.34. The predicted molar refractivity (Wildman–Crippen MR) is 118 cm³/mol. The fourth-order valence-electron chi connectivity index (χ4n) is 3.64. The van der Waals surface area contributed by atoms with Gasteiger partial charge in [0, 0.05) is 56.7 Å². The maximum atomic E-state index is 12.9. The molecule has 8 heteroatoms. The number of benzene rings is 2. The third kappa shape index (κ3) is 4.87. The Morgan fingerprint density at radius 1 is 1.10 bits per heavy atom. The minimum atomic E-state index is -0.469. The maximum absolute atomic E-state index is 12.9. The number of amides is 1. The Morgan fingerprint density at radius 3 is 2.55 bits per heavy atom. The van der Waals surface area contributed by atoms with E-state index >= 15 is 0 Å². The van der Waals surface area contributed by atoms with E-state index in [-0.39, 0.29) is 11.6 Å². The second-order valence-corrected chi connectivity index (χ2v) is 7.34. The molecule has 1 amide bonds. The lowest BCUT2D eigenvalue weighted by Crippen LogP contribution is -2.48. The van der Waals surface area contributed by atoms with Crippen LogP contribution in [0.1, 0.15) is 15.9 Å². The van der Waals surface area contributed by atoms with Crippen LogP contribution >= 0.6 is 0 Å². The van der Waals surface area contributed by atoms with Gasteiger partial charge in [-0.15, -0.1) is 0 Å². The molecule has 2 heterocycles. The van der Waals surface area contributed by atoms with E-state index in [4.69, 9.17) is 0 Å². The van der Waals surface area contributed by atoms with Crippen molar-refractivity contribution in [2.75, 3.05) is 32.7 Å². The summed E-state index contributed by atoms with van der Waals surface area (Å²) in [7, 11) is 0. The molecule has 31 heavy (non-hydrogen) atoms. The molecule has 0 saturated carbocycles. The predicted octanol–water partition coefficient (Wildman–Crippen LogP) is 3.25. The molecule has 8 nitrogen and oxygen atoms in total. The summed E-state index contributed by atoms with van der Waals surface area (Å²) < 4.78 is 1.56. The van der Waals surface area contributed by atoms with E-state index in [2.05, 4.69) is 34.2 Å². The van der Waals surface area contributed by atoms with Crippen LogP contribution < -0.4 is 0 Å². The number of carbonyl (C=O) groups is 1. The first-order valence-electron chi connectivity index (χ1n) is 10.1. The molecule has 0 aliphatic carbocycles. The molecule has 1 aliphatic rings. The first kappa shape index (κ1) is 20.5. The van der Waals surface area contributed by atoms with Crippen molar-refractivity contribution < 1.29 is 9.72 Å². The smallest absolute Gasteiger partial charge is 0.294 e. The Labute approximate surface area is 180 Å². The summed E-state index contributed by atoms with van der Waals surface area (Å²) >= 11 is 0. The fourth-order valence-corrected chi connectivity index (χ4v) is 3.64. The number of imidazole rings is 1. The van der Waals surface area contributed by atoms with E-state index < -0.39 is 4.92 Å². The van der Waals surface area contributed by atoms with Crippen LogP contribution in [0.5, 0.6) is 0 Å². The minimum absolute atomic E-state index is 0.117. The van der Waals surface area contributed by atoms with Crippen LogP contribution in [0.3, 0.4) is 0 Å². The number of hydrogen-bond donors (Lipinski definition) is 0. The van der Waals surface area contributed by atoms with E-state index in [0.717, 1.165) is 25.2 Å². The molecule has 0 spiro atoms. The van der Waals surface area contributed by atoms with Crippen LogP contribution in [0.15, 0.2) is 73.3 Å². The van der Waals surface area contributed by atoms with Gasteiger partial charge in [0.1, 0.15) is 5.69 Å². The Morgan fingerprint density at radius 2 is 1.87 bits per heavy atom. The zero-order valence-electron chi connectivity index (χ0n) is 17.0. The first-order chi connectivity index (χ1) is 15.1. The fraction of sp³-hybridized carbons (Fsp3) is 0.217. The summed E-state index contributed by atoms with van der Waals surface area (Å²) in [6.45, 7) is 3.53. The quantitative estimate of drug-likeness (QED) is 0.454. The Hall–Kier alpha value is -3.78. The molecule has 1 fully saturated rings. The monoisotopic (exact) mass is 417 g/mol. The van der Waals surface area contributed by atoms with Gasteiger partial charge in [-0.25, -0.2) is 4.98 Å². The van der Waals surface area contributed by atoms with Crippen LogP contribution in [-0.4, -0.2) is 62.9 Å². The van der Waals surface area contributed by atoms with Gasteiger partial charge in [0.15, 0.2) is 0 Å². The third-order valence-corrected chi connectivity index (χ3v) is 5.33. The average molecular weight is 417 g/mol. The Bertz CT molecular complexity index is 1070. The number of nitro benzene ring substituents is 1. The molecule has 2 aromatic carbocycles. The number of aromatic nitrogens is 2. The molecule has 1 saturated heterocycles. The SMILES string of the molecule is O=C(c1ccc(-n2ccnc2)c([N+](=O)[O-])c1)N1CCN(C/C=C/c2ccccc2)CC1. The lowest BCUT2D eigenvalue weighted by Gasteiger charge is -2.34. The molecule has 0 unspecified atom stereocenters. The number of carbonyl (C=O) groups excluding carboxylic acids is 1. The van der Waals surface area contributed by atoms with Crippen molar-refractivity contribution in [3.05, 3.63) is 94.6 Å². The van der Waals surface area contributed by atoms with Crippen molar-refractivity contribution in [2.45, 2.75) is 0 Å². The Kier molecular flexibility index (Phi) is 6.18. The molecule has 3 aromatic rings. The summed E-state index contributed by atoms with van der Waals surface area (Å²) in [4.78, 5) is 32.0. The van der Waals surface area contributed by atoms with Gasteiger partial charge in [-0.3, -0.25) is 19.8 Å². The van der Waals surface area contributed by atoms with E-state index in [0.29, 0.717) is 24.3 Å². The van der Waals surface area contributed by atoms with Crippen molar-refractivity contribution in [1.29, 1.82) is 0 Å². The van der Waals surface area contributed by atoms with Gasteiger partial charge in [0.05, 0.1) is 11.3 Å². The molecule has 0 radical (unpaired) electrons. The third-order valence-electron chi connectivity index (χ3n) is 5.33. The molecule has 1 aromatic heterocycles. The van der Waals surface area contributed by atoms with Crippen molar-refractivity contribution >= 4 is 17.7 Å². The summed E-state index contributed by atoms with van der Waals surface area (Å²) in [6, 6.07) is 14.7. The van der Waals surface area contributed by atoms with Crippen LogP contribution in [0.25, 0.3) is 11.8 Å². The molecular formula is C23H23N5O3. The van der Waals surface area contributed by atoms with Gasteiger partial charge < -0.3 is 9.47 Å². The van der Waals surface area contributed by atoms with Crippen molar-refractivity contribution in [1.82, 2.24) is 19.4 Å². The van der Waals surface area contributed by atoms with Gasteiger partial charge >= 0.3 is 0 Å². The minimum Gasteiger partial charge on any atom is -0.336 e. The number of hydrogen-bond acceptors (Lipinski definition) is 5. The maximum Gasteiger partial charge on any atom is 0.294 e. The van der Waals surface area contributed by atoms with E-state index in [1.165, 1.54) is 12.4 Å². The van der Waals surface area contributed by atoms with E-state index in [1.54, 1.807) is 34.0 Å². The van der Waals surface area contributed by atoms with Crippen molar-refractivity contribution in [2.24, 2.45) is 0 Å². The largest absolute Gasteiger partial charge is 0.336 e. The highest BCUT2D eigenvalue weighted by Crippen LogP contribution is 2.25. The molecule has 4 rings (SSSR count). The number of piperazine rings is 1. The highest BCUT2D eigenvalue weighted by molar-refractivity contribution is 5.95. The normalized spacial score (nSPS) is 14.8. The molecule has 0 N–H and O–H groups in total. The highest BCUT2D eigenvalue weighted by atomic mass is 16.6. The van der Waals surface area contributed by atoms with Gasteiger partial charge in [-0.1, -0.05) is 42.5 Å². The molecule has 0 bridgehead atoms. The summed E-state index contributed by atoms with van der Waals surface area (Å²) in [5.74, 6) is -0.181. The highest BCUT2D eigenvalue weighted by Gasteiger charge is 2.24. The average Bonchev–Trinajstić information content (AvgIpc) is 3.34. The standard InChI is InChI=1S/C23H23N5O3/c29-23(20-8-9-21(22(17-20)28(30)31)27-12-10-24-18-27)26-15-13-25(14-16-26)11-4-7-19-5-2-1-3-6-19/h1-10,12,17-18H,11,13-16H2/b7-4+. The van der Waals surface area contributed by atoms with E-state index in [9.17, 15) is 14.9 Å². The topological polar surface area (TPSA) is 84.5 Å². The van der Waals surface area contributed by atoms with Gasteiger partial charge in [-0.05, 0) is 17.7 Å². The van der Waals surface area contributed by atoms with Crippen molar-refractivity contribution in [3.63, 3.8) is 0 Å². The van der Waals surface area contributed by atoms with Crippen molar-refractivity contribution in [3.8, 4) is 5.69 Å². The summed E-state index contributed by atoms with van der Waals surface area (Å²) in [5, 5.41) is 11.5. The second kappa shape index (κ2) is 9.36. The summed E-state index contributed by atoms with van der Waals surface area (Å²) in [6.07, 6.45) is 8.91. The lowest BCUT2D eigenvalue weighted by atomic mass is 10.1. The van der Waals surface area contributed by atoms with Gasteiger partial charge in [0.25, 0.3) is 11.6 Å².